The molecule has 1 aliphatic heterocycles. The summed E-state index contributed by atoms with van der Waals surface area (Å²) in [6.45, 7) is 4.10. The van der Waals surface area contributed by atoms with Gasteiger partial charge >= 0.3 is 0 Å². The van der Waals surface area contributed by atoms with E-state index in [1.165, 1.54) is 4.90 Å². The minimum atomic E-state index is -0.725. The first kappa shape index (κ1) is 17.3. The zero-order chi connectivity index (χ0) is 17.8. The fourth-order valence-corrected chi connectivity index (χ4v) is 3.00. The van der Waals surface area contributed by atoms with Gasteiger partial charge in [-0.3, -0.25) is 14.5 Å². The Morgan fingerprint density at radius 1 is 1.08 bits per heavy atom. The van der Waals surface area contributed by atoms with Crippen LogP contribution in [0.25, 0.3) is 0 Å². The maximum atomic E-state index is 12.8. The second-order valence-corrected chi connectivity index (χ2v) is 5.81. The summed E-state index contributed by atoms with van der Waals surface area (Å²) in [5.41, 5.74) is 1.34. The molecule has 0 bridgehead atoms. The van der Waals surface area contributed by atoms with E-state index in [-0.39, 0.29) is 11.8 Å². The highest BCUT2D eigenvalue weighted by molar-refractivity contribution is 6.10. The molecular formula is C20H21NO4. The fraction of sp³-hybridized carbons (Fsp3) is 0.300. The highest BCUT2D eigenvalue weighted by Gasteiger charge is 2.53. The number of rotatable bonds is 6. The van der Waals surface area contributed by atoms with Gasteiger partial charge in [-0.1, -0.05) is 48.5 Å². The molecule has 1 aliphatic rings. The Hall–Kier alpha value is -2.50. The number of nitrogens with zero attached hydrogens (tertiary/aromatic N) is 1. The third kappa shape index (κ3) is 3.48. The SMILES string of the molecule is CCO[C@H](C)O[C@@H]1C(=O)N(C(=O)c2ccccc2)[C@H]1c1ccccc1. The van der Waals surface area contributed by atoms with Crippen LogP contribution in [0, 0.1) is 0 Å². The molecule has 3 rings (SSSR count). The molecule has 0 radical (unpaired) electrons. The molecule has 0 aromatic heterocycles. The van der Waals surface area contributed by atoms with Crippen molar-refractivity contribution in [2.24, 2.45) is 0 Å². The van der Waals surface area contributed by atoms with E-state index in [9.17, 15) is 9.59 Å². The lowest BCUT2D eigenvalue weighted by molar-refractivity contribution is -0.209. The molecule has 1 saturated heterocycles. The molecule has 1 heterocycles. The molecule has 0 spiro atoms. The van der Waals surface area contributed by atoms with Crippen molar-refractivity contribution in [3.63, 3.8) is 0 Å². The summed E-state index contributed by atoms with van der Waals surface area (Å²) in [6.07, 6.45) is -1.24. The van der Waals surface area contributed by atoms with E-state index in [4.69, 9.17) is 9.47 Å². The van der Waals surface area contributed by atoms with Crippen molar-refractivity contribution >= 4 is 11.8 Å². The van der Waals surface area contributed by atoms with E-state index in [0.717, 1.165) is 5.56 Å². The highest BCUT2D eigenvalue weighted by Crippen LogP contribution is 2.38. The lowest BCUT2D eigenvalue weighted by Crippen LogP contribution is -2.62. The Labute approximate surface area is 147 Å². The summed E-state index contributed by atoms with van der Waals surface area (Å²) in [6, 6.07) is 17.8. The van der Waals surface area contributed by atoms with Crippen LogP contribution in [0.3, 0.4) is 0 Å². The molecule has 3 atom stereocenters. The largest absolute Gasteiger partial charge is 0.353 e. The molecule has 5 nitrogen and oxygen atoms in total. The molecular weight excluding hydrogens is 318 g/mol. The van der Waals surface area contributed by atoms with E-state index in [1.54, 1.807) is 31.2 Å². The summed E-state index contributed by atoms with van der Waals surface area (Å²) in [4.78, 5) is 26.7. The average Bonchev–Trinajstić information content (AvgIpc) is 2.65. The molecule has 0 N–H and O–H groups in total. The zero-order valence-corrected chi connectivity index (χ0v) is 14.3. The minimum Gasteiger partial charge on any atom is -0.353 e. The van der Waals surface area contributed by atoms with Crippen LogP contribution in [0.4, 0.5) is 0 Å². The molecule has 0 saturated carbocycles. The molecule has 2 aromatic rings. The maximum Gasteiger partial charge on any atom is 0.261 e. The number of benzene rings is 2. The van der Waals surface area contributed by atoms with Crippen molar-refractivity contribution in [2.45, 2.75) is 32.3 Å². The Bertz CT molecular complexity index is 732. The average molecular weight is 339 g/mol. The minimum absolute atomic E-state index is 0.316. The fourth-order valence-electron chi connectivity index (χ4n) is 3.00. The number of imide groups is 1. The smallest absolute Gasteiger partial charge is 0.261 e. The lowest BCUT2D eigenvalue weighted by atomic mass is 9.89. The highest BCUT2D eigenvalue weighted by atomic mass is 16.7. The second kappa shape index (κ2) is 7.59. The van der Waals surface area contributed by atoms with Crippen molar-refractivity contribution in [3.05, 3.63) is 71.8 Å². The van der Waals surface area contributed by atoms with E-state index >= 15 is 0 Å². The summed E-state index contributed by atoms with van der Waals surface area (Å²) in [5.74, 6) is -0.655. The molecule has 25 heavy (non-hydrogen) atoms. The van der Waals surface area contributed by atoms with Crippen LogP contribution in [0.5, 0.6) is 0 Å². The van der Waals surface area contributed by atoms with Crippen LogP contribution in [0.15, 0.2) is 60.7 Å². The van der Waals surface area contributed by atoms with Crippen molar-refractivity contribution in [1.82, 2.24) is 4.90 Å². The van der Waals surface area contributed by atoms with Gasteiger partial charge < -0.3 is 9.47 Å². The van der Waals surface area contributed by atoms with Crippen molar-refractivity contribution in [2.75, 3.05) is 6.61 Å². The van der Waals surface area contributed by atoms with E-state index in [2.05, 4.69) is 0 Å². The van der Waals surface area contributed by atoms with Gasteiger partial charge in [0.2, 0.25) is 0 Å². The number of amides is 2. The number of hydrogen-bond donors (Lipinski definition) is 0. The van der Waals surface area contributed by atoms with Crippen molar-refractivity contribution < 1.29 is 19.1 Å². The molecule has 5 heteroatoms. The van der Waals surface area contributed by atoms with Crippen molar-refractivity contribution in [3.8, 4) is 0 Å². The Morgan fingerprint density at radius 2 is 1.68 bits per heavy atom. The Kier molecular flexibility index (Phi) is 5.26. The maximum absolute atomic E-state index is 12.8. The molecule has 1 fully saturated rings. The number of carbonyl (C=O) groups is 2. The van der Waals surface area contributed by atoms with E-state index < -0.39 is 18.4 Å². The molecule has 0 aliphatic carbocycles. The van der Waals surface area contributed by atoms with Gasteiger partial charge in [0.1, 0.15) is 6.04 Å². The molecule has 2 aromatic carbocycles. The topological polar surface area (TPSA) is 55.8 Å². The van der Waals surface area contributed by atoms with Gasteiger partial charge in [0, 0.05) is 12.2 Å². The van der Waals surface area contributed by atoms with Crippen LogP contribution in [0.2, 0.25) is 0 Å². The Morgan fingerprint density at radius 3 is 2.28 bits per heavy atom. The van der Waals surface area contributed by atoms with Gasteiger partial charge in [-0.15, -0.1) is 0 Å². The van der Waals surface area contributed by atoms with Crippen LogP contribution in [-0.4, -0.2) is 35.7 Å². The van der Waals surface area contributed by atoms with Crippen LogP contribution in [-0.2, 0) is 14.3 Å². The monoisotopic (exact) mass is 339 g/mol. The van der Waals surface area contributed by atoms with Gasteiger partial charge in [-0.05, 0) is 31.5 Å². The van der Waals surface area contributed by atoms with Crippen LogP contribution >= 0.6 is 0 Å². The van der Waals surface area contributed by atoms with Gasteiger partial charge in [-0.25, -0.2) is 0 Å². The predicted molar refractivity (Wildman–Crippen MR) is 92.8 cm³/mol. The van der Waals surface area contributed by atoms with Crippen molar-refractivity contribution in [1.29, 1.82) is 0 Å². The normalized spacial score (nSPS) is 20.9. The number of ether oxygens (including phenoxy) is 2. The molecule has 2 amide bonds. The van der Waals surface area contributed by atoms with E-state index in [0.29, 0.717) is 12.2 Å². The number of hydrogen-bond acceptors (Lipinski definition) is 4. The van der Waals surface area contributed by atoms with Gasteiger partial charge in [0.05, 0.1) is 0 Å². The van der Waals surface area contributed by atoms with Gasteiger partial charge in [-0.2, -0.15) is 0 Å². The summed E-state index contributed by atoms with van der Waals surface area (Å²) in [5, 5.41) is 0. The number of carbonyl (C=O) groups excluding carboxylic acids is 2. The quantitative estimate of drug-likeness (QED) is 0.461. The third-order valence-corrected chi connectivity index (χ3v) is 4.17. The first-order chi connectivity index (χ1) is 12.1. The first-order valence-electron chi connectivity index (χ1n) is 8.38. The second-order valence-electron chi connectivity index (χ2n) is 5.81. The standard InChI is InChI=1S/C20H21NO4/c1-3-24-14(2)25-18-17(15-10-6-4-7-11-15)21(20(18)23)19(22)16-12-8-5-9-13-16/h4-14,17-18H,3H2,1-2H3/t14-,17-,18-/m0/s1. The summed E-state index contributed by atoms with van der Waals surface area (Å²) >= 11 is 0. The summed E-state index contributed by atoms with van der Waals surface area (Å²) < 4.78 is 11.1. The van der Waals surface area contributed by atoms with Gasteiger partial charge in [0.15, 0.2) is 12.4 Å². The van der Waals surface area contributed by atoms with Crippen LogP contribution < -0.4 is 0 Å². The lowest BCUT2D eigenvalue weighted by Gasteiger charge is -2.46. The number of likely N-dealkylation sites (tertiary alicyclic amines) is 1. The van der Waals surface area contributed by atoms with Crippen LogP contribution in [0.1, 0.15) is 35.8 Å². The summed E-state index contributed by atoms with van der Waals surface area (Å²) in [7, 11) is 0. The third-order valence-electron chi connectivity index (χ3n) is 4.17. The molecule has 130 valence electrons. The zero-order valence-electron chi connectivity index (χ0n) is 14.3. The first-order valence-corrected chi connectivity index (χ1v) is 8.38. The predicted octanol–water partition coefficient (Wildman–Crippen LogP) is 3.18. The number of β-lactam (4-membered cyclic amide) rings is 1. The van der Waals surface area contributed by atoms with Gasteiger partial charge in [0.25, 0.3) is 11.8 Å². The Balaban J connectivity index is 1.87. The van der Waals surface area contributed by atoms with E-state index in [1.807, 2.05) is 43.3 Å². The molecule has 0 unspecified atom stereocenters.